The van der Waals surface area contributed by atoms with Gasteiger partial charge in [-0.2, -0.15) is 0 Å². The average molecular weight is 368 g/mol. The highest BCUT2D eigenvalue weighted by atomic mass is 16.5. The number of anilines is 1. The molecule has 1 atom stereocenters. The van der Waals surface area contributed by atoms with Crippen LogP contribution < -0.4 is 14.8 Å². The van der Waals surface area contributed by atoms with Gasteiger partial charge in [0.1, 0.15) is 11.5 Å². The number of benzene rings is 2. The van der Waals surface area contributed by atoms with Gasteiger partial charge in [-0.25, -0.2) is 4.79 Å². The van der Waals surface area contributed by atoms with Gasteiger partial charge in [-0.3, -0.25) is 0 Å². The summed E-state index contributed by atoms with van der Waals surface area (Å²) < 4.78 is 10.6. The van der Waals surface area contributed by atoms with E-state index < -0.39 is 0 Å². The third kappa shape index (κ3) is 4.73. The van der Waals surface area contributed by atoms with Crippen LogP contribution in [0.15, 0.2) is 42.5 Å². The number of amides is 2. The predicted octanol–water partition coefficient (Wildman–Crippen LogP) is 5.16. The van der Waals surface area contributed by atoms with Gasteiger partial charge in [0.25, 0.3) is 0 Å². The zero-order valence-corrected chi connectivity index (χ0v) is 16.3. The molecule has 1 fully saturated rings. The van der Waals surface area contributed by atoms with E-state index >= 15 is 0 Å². The van der Waals surface area contributed by atoms with Gasteiger partial charge in [0, 0.05) is 30.4 Å². The van der Waals surface area contributed by atoms with E-state index in [9.17, 15) is 4.79 Å². The maximum Gasteiger partial charge on any atom is 0.322 e. The van der Waals surface area contributed by atoms with Crippen molar-refractivity contribution in [3.05, 3.63) is 53.6 Å². The molecule has 0 aromatic heterocycles. The molecule has 0 saturated carbocycles. The number of urea groups is 1. The van der Waals surface area contributed by atoms with Gasteiger partial charge >= 0.3 is 6.03 Å². The number of rotatable bonds is 4. The van der Waals surface area contributed by atoms with Crippen molar-refractivity contribution in [3.8, 4) is 11.5 Å². The van der Waals surface area contributed by atoms with Crippen LogP contribution in [0.2, 0.25) is 0 Å². The van der Waals surface area contributed by atoms with Crippen molar-refractivity contribution in [2.75, 3.05) is 26.1 Å². The summed E-state index contributed by atoms with van der Waals surface area (Å²) in [5, 5.41) is 3.03. The van der Waals surface area contributed by atoms with Crippen LogP contribution in [-0.2, 0) is 0 Å². The lowest BCUT2D eigenvalue weighted by atomic mass is 9.99. The van der Waals surface area contributed by atoms with E-state index in [1.54, 1.807) is 32.4 Å². The summed E-state index contributed by atoms with van der Waals surface area (Å²) in [5.74, 6) is 1.30. The highest BCUT2D eigenvalue weighted by Gasteiger charge is 2.27. The summed E-state index contributed by atoms with van der Waals surface area (Å²) in [6, 6.07) is 13.9. The van der Waals surface area contributed by atoms with Gasteiger partial charge < -0.3 is 19.7 Å². The zero-order valence-electron chi connectivity index (χ0n) is 16.3. The van der Waals surface area contributed by atoms with Crippen molar-refractivity contribution in [1.82, 2.24) is 4.90 Å². The van der Waals surface area contributed by atoms with Crippen molar-refractivity contribution < 1.29 is 14.3 Å². The third-order valence-electron chi connectivity index (χ3n) is 5.04. The van der Waals surface area contributed by atoms with Crippen molar-refractivity contribution in [2.45, 2.75) is 38.6 Å². The Morgan fingerprint density at radius 1 is 1.04 bits per heavy atom. The first-order chi connectivity index (χ1) is 13.1. The Kier molecular flexibility index (Phi) is 6.22. The molecule has 0 spiro atoms. The first-order valence-corrected chi connectivity index (χ1v) is 9.48. The standard InChI is InChI=1S/C22H28N2O3/c1-16-8-7-9-17(12-16)21-10-5-4-6-11-24(21)22(25)23-18-13-19(26-2)15-20(14-18)27-3/h7-9,12-15,21H,4-6,10-11H2,1-3H3,(H,23,25). The minimum Gasteiger partial charge on any atom is -0.497 e. The van der Waals surface area contributed by atoms with E-state index in [0.717, 1.165) is 32.2 Å². The number of carbonyl (C=O) groups excluding carboxylic acids is 1. The molecule has 2 amide bonds. The highest BCUT2D eigenvalue weighted by molar-refractivity contribution is 5.90. The molecule has 0 aliphatic carbocycles. The number of ether oxygens (including phenoxy) is 2. The molecule has 1 heterocycles. The van der Waals surface area contributed by atoms with Gasteiger partial charge in [-0.1, -0.05) is 42.7 Å². The van der Waals surface area contributed by atoms with Crippen LogP contribution in [-0.4, -0.2) is 31.7 Å². The summed E-state index contributed by atoms with van der Waals surface area (Å²) in [6.07, 6.45) is 4.30. The van der Waals surface area contributed by atoms with Gasteiger partial charge in [0.2, 0.25) is 0 Å². The zero-order chi connectivity index (χ0) is 19.2. The summed E-state index contributed by atoms with van der Waals surface area (Å²) in [7, 11) is 3.20. The molecule has 0 bridgehead atoms. The topological polar surface area (TPSA) is 50.8 Å². The number of nitrogens with zero attached hydrogens (tertiary/aromatic N) is 1. The second kappa shape index (κ2) is 8.80. The highest BCUT2D eigenvalue weighted by Crippen LogP contribution is 2.32. The van der Waals surface area contributed by atoms with Crippen LogP contribution in [0, 0.1) is 6.92 Å². The smallest absolute Gasteiger partial charge is 0.322 e. The van der Waals surface area contributed by atoms with Crippen molar-refractivity contribution in [1.29, 1.82) is 0 Å². The molecule has 2 aromatic carbocycles. The quantitative estimate of drug-likeness (QED) is 0.811. The molecule has 144 valence electrons. The largest absolute Gasteiger partial charge is 0.497 e. The number of hydrogen-bond acceptors (Lipinski definition) is 3. The molecule has 1 unspecified atom stereocenters. The maximum atomic E-state index is 13.1. The van der Waals surface area contributed by atoms with Crippen LogP contribution in [0.4, 0.5) is 10.5 Å². The molecule has 3 rings (SSSR count). The van der Waals surface area contributed by atoms with E-state index in [0.29, 0.717) is 17.2 Å². The van der Waals surface area contributed by atoms with Gasteiger partial charge in [-0.15, -0.1) is 0 Å². The fourth-order valence-electron chi connectivity index (χ4n) is 3.65. The summed E-state index contributed by atoms with van der Waals surface area (Å²) >= 11 is 0. The SMILES string of the molecule is COc1cc(NC(=O)N2CCCCCC2c2cccc(C)c2)cc(OC)c1. The van der Waals surface area contributed by atoms with E-state index in [2.05, 4.69) is 36.5 Å². The van der Waals surface area contributed by atoms with Crippen molar-refractivity contribution in [3.63, 3.8) is 0 Å². The third-order valence-corrected chi connectivity index (χ3v) is 5.04. The minimum atomic E-state index is -0.0845. The molecule has 5 heteroatoms. The second-order valence-electron chi connectivity index (χ2n) is 7.00. The molecule has 1 aliphatic rings. The summed E-state index contributed by atoms with van der Waals surface area (Å²) in [6.45, 7) is 2.85. The Bertz CT molecular complexity index is 769. The van der Waals surface area contributed by atoms with Crippen LogP contribution in [0.3, 0.4) is 0 Å². The Hall–Kier alpha value is -2.69. The number of hydrogen-bond donors (Lipinski definition) is 1. The molecule has 2 aromatic rings. The predicted molar refractivity (Wildman–Crippen MR) is 108 cm³/mol. The fraction of sp³-hybridized carbons (Fsp3) is 0.409. The first-order valence-electron chi connectivity index (χ1n) is 9.48. The monoisotopic (exact) mass is 368 g/mol. The lowest BCUT2D eigenvalue weighted by Gasteiger charge is -2.31. The molecule has 27 heavy (non-hydrogen) atoms. The number of aryl methyl sites for hydroxylation is 1. The number of likely N-dealkylation sites (tertiary alicyclic amines) is 1. The van der Waals surface area contributed by atoms with Gasteiger partial charge in [0.05, 0.1) is 20.3 Å². The molecular weight excluding hydrogens is 340 g/mol. The molecular formula is C22H28N2O3. The molecule has 0 radical (unpaired) electrons. The van der Waals surface area contributed by atoms with E-state index in [1.165, 1.54) is 11.1 Å². The lowest BCUT2D eigenvalue weighted by Crippen LogP contribution is -2.38. The van der Waals surface area contributed by atoms with Crippen molar-refractivity contribution in [2.24, 2.45) is 0 Å². The van der Waals surface area contributed by atoms with Crippen LogP contribution in [0.5, 0.6) is 11.5 Å². The molecule has 1 aliphatic heterocycles. The van der Waals surface area contributed by atoms with Crippen LogP contribution in [0.1, 0.15) is 42.9 Å². The Morgan fingerprint density at radius 2 is 1.78 bits per heavy atom. The number of carbonyl (C=O) groups is 1. The lowest BCUT2D eigenvalue weighted by molar-refractivity contribution is 0.189. The number of nitrogens with one attached hydrogen (secondary N) is 1. The Balaban J connectivity index is 1.84. The van der Waals surface area contributed by atoms with Crippen molar-refractivity contribution >= 4 is 11.7 Å². The molecule has 5 nitrogen and oxygen atoms in total. The minimum absolute atomic E-state index is 0.0845. The maximum absolute atomic E-state index is 13.1. The Labute approximate surface area is 161 Å². The van der Waals surface area contributed by atoms with E-state index in [-0.39, 0.29) is 12.1 Å². The van der Waals surface area contributed by atoms with E-state index in [4.69, 9.17) is 9.47 Å². The molecule has 1 N–H and O–H groups in total. The fourth-order valence-corrected chi connectivity index (χ4v) is 3.65. The molecule has 1 saturated heterocycles. The van der Waals surface area contributed by atoms with E-state index in [1.807, 2.05) is 4.90 Å². The normalized spacial score (nSPS) is 17.1. The Morgan fingerprint density at radius 3 is 2.44 bits per heavy atom. The van der Waals surface area contributed by atoms with Gasteiger partial charge in [0.15, 0.2) is 0 Å². The van der Waals surface area contributed by atoms with Crippen LogP contribution in [0.25, 0.3) is 0 Å². The first kappa shape index (κ1) is 19.1. The number of methoxy groups -OCH3 is 2. The van der Waals surface area contributed by atoms with Gasteiger partial charge in [-0.05, 0) is 25.3 Å². The summed E-state index contributed by atoms with van der Waals surface area (Å²) in [4.78, 5) is 15.1. The summed E-state index contributed by atoms with van der Waals surface area (Å²) in [5.41, 5.74) is 3.09. The average Bonchev–Trinajstić information content (AvgIpc) is 2.93. The second-order valence-corrected chi connectivity index (χ2v) is 7.00. The van der Waals surface area contributed by atoms with Crippen LogP contribution >= 0.6 is 0 Å².